The Balaban J connectivity index is 1.95. The van der Waals surface area contributed by atoms with Crippen LogP contribution in [0, 0.1) is 0 Å². The molecule has 2 heterocycles. The Morgan fingerprint density at radius 1 is 1.53 bits per heavy atom. The fraction of sp³-hybridized carbons (Fsp3) is 0.583. The summed E-state index contributed by atoms with van der Waals surface area (Å²) in [4.78, 5) is 24.4. The first-order chi connectivity index (χ1) is 9.10. The second kappa shape index (κ2) is 5.73. The van der Waals surface area contributed by atoms with Crippen LogP contribution in [0.3, 0.4) is 0 Å². The Hall–Kier alpha value is -2.05. The molecule has 2 rings (SSSR count). The molecule has 0 radical (unpaired) electrons. The van der Waals surface area contributed by atoms with Crippen molar-refractivity contribution in [3.63, 3.8) is 0 Å². The number of hydrogen-bond donors (Lipinski definition) is 2. The summed E-state index contributed by atoms with van der Waals surface area (Å²) >= 11 is 0. The maximum atomic E-state index is 11.7. The minimum atomic E-state index is -0.138. The lowest BCUT2D eigenvalue weighted by molar-refractivity contribution is -0.114. The minimum Gasteiger partial charge on any atom is -0.338 e. The number of urea groups is 1. The molecule has 0 aliphatic carbocycles. The molecule has 1 fully saturated rings. The molecule has 2 N–H and O–H groups in total. The average molecular weight is 265 g/mol. The topological polar surface area (TPSA) is 79.3 Å². The first kappa shape index (κ1) is 13.4. The highest BCUT2D eigenvalue weighted by molar-refractivity contribution is 5.87. The van der Waals surface area contributed by atoms with E-state index in [4.69, 9.17) is 0 Å². The van der Waals surface area contributed by atoms with Gasteiger partial charge >= 0.3 is 6.03 Å². The molecule has 0 saturated carbocycles. The summed E-state index contributed by atoms with van der Waals surface area (Å²) in [5, 5.41) is 9.73. The van der Waals surface area contributed by atoms with Gasteiger partial charge in [-0.25, -0.2) is 4.79 Å². The van der Waals surface area contributed by atoms with Crippen LogP contribution >= 0.6 is 0 Å². The van der Waals surface area contributed by atoms with Gasteiger partial charge in [0.15, 0.2) is 5.82 Å². The zero-order chi connectivity index (χ0) is 13.8. The summed E-state index contributed by atoms with van der Waals surface area (Å²) in [5.41, 5.74) is 0. The lowest BCUT2D eigenvalue weighted by atomic mass is 10.3. The summed E-state index contributed by atoms with van der Waals surface area (Å²) in [7, 11) is 0. The van der Waals surface area contributed by atoms with Crippen LogP contribution in [0.5, 0.6) is 0 Å². The lowest BCUT2D eigenvalue weighted by Gasteiger charge is -2.16. The average Bonchev–Trinajstić information content (AvgIpc) is 2.96. The van der Waals surface area contributed by atoms with Crippen LogP contribution in [0.15, 0.2) is 12.3 Å². The zero-order valence-corrected chi connectivity index (χ0v) is 11.2. The molecular weight excluding hydrogens is 246 g/mol. The summed E-state index contributed by atoms with van der Waals surface area (Å²) in [6.07, 6.45) is 2.70. The largest absolute Gasteiger partial charge is 0.338 e. The number of carbonyl (C=O) groups is 2. The van der Waals surface area contributed by atoms with Crippen molar-refractivity contribution in [3.8, 4) is 0 Å². The lowest BCUT2D eigenvalue weighted by Crippen LogP contribution is -2.38. The highest BCUT2D eigenvalue weighted by Crippen LogP contribution is 2.21. The highest BCUT2D eigenvalue weighted by atomic mass is 16.2. The van der Waals surface area contributed by atoms with E-state index in [2.05, 4.69) is 15.7 Å². The van der Waals surface area contributed by atoms with Gasteiger partial charge in [0.25, 0.3) is 0 Å². The maximum Gasteiger partial charge on any atom is 0.317 e. The van der Waals surface area contributed by atoms with Crippen LogP contribution in [0.25, 0.3) is 0 Å². The highest BCUT2D eigenvalue weighted by Gasteiger charge is 2.27. The summed E-state index contributed by atoms with van der Waals surface area (Å²) in [6.45, 7) is 5.36. The monoisotopic (exact) mass is 265 g/mol. The van der Waals surface area contributed by atoms with Gasteiger partial charge in [-0.1, -0.05) is 0 Å². The zero-order valence-electron chi connectivity index (χ0n) is 11.2. The van der Waals surface area contributed by atoms with Crippen LogP contribution in [0.1, 0.15) is 26.3 Å². The molecule has 7 nitrogen and oxygen atoms in total. The van der Waals surface area contributed by atoms with Crippen molar-refractivity contribution >= 4 is 17.8 Å². The van der Waals surface area contributed by atoms with Crippen LogP contribution in [0.2, 0.25) is 0 Å². The van der Waals surface area contributed by atoms with Gasteiger partial charge in [-0.2, -0.15) is 5.10 Å². The van der Waals surface area contributed by atoms with E-state index < -0.39 is 0 Å². The van der Waals surface area contributed by atoms with Gasteiger partial charge in [-0.05, 0) is 13.3 Å². The third-order valence-electron chi connectivity index (χ3n) is 3.07. The van der Waals surface area contributed by atoms with Gasteiger partial charge in [0.2, 0.25) is 5.91 Å². The Kier molecular flexibility index (Phi) is 4.03. The number of nitrogens with zero attached hydrogens (tertiary/aromatic N) is 3. The van der Waals surface area contributed by atoms with Crippen molar-refractivity contribution in [3.05, 3.63) is 12.3 Å². The van der Waals surface area contributed by atoms with Crippen LogP contribution in [-0.2, 0) is 4.79 Å². The number of anilines is 1. The predicted molar refractivity (Wildman–Crippen MR) is 70.8 cm³/mol. The molecule has 1 atom stereocenters. The summed E-state index contributed by atoms with van der Waals surface area (Å²) < 4.78 is 1.81. The van der Waals surface area contributed by atoms with Gasteiger partial charge in [-0.3, -0.25) is 9.48 Å². The van der Waals surface area contributed by atoms with Gasteiger partial charge in [0.1, 0.15) is 0 Å². The smallest absolute Gasteiger partial charge is 0.317 e. The van der Waals surface area contributed by atoms with Gasteiger partial charge in [-0.15, -0.1) is 0 Å². The number of amides is 3. The molecular formula is C12H19N5O2. The van der Waals surface area contributed by atoms with Crippen molar-refractivity contribution in [2.24, 2.45) is 0 Å². The van der Waals surface area contributed by atoms with E-state index in [-0.39, 0.29) is 18.0 Å². The van der Waals surface area contributed by atoms with E-state index in [0.717, 1.165) is 13.0 Å². The van der Waals surface area contributed by atoms with Crippen LogP contribution < -0.4 is 10.6 Å². The molecule has 1 aromatic rings. The van der Waals surface area contributed by atoms with E-state index in [9.17, 15) is 9.59 Å². The molecule has 0 bridgehead atoms. The van der Waals surface area contributed by atoms with Gasteiger partial charge < -0.3 is 15.5 Å². The molecule has 7 heteroatoms. The fourth-order valence-corrected chi connectivity index (χ4v) is 2.19. The second-order valence-electron chi connectivity index (χ2n) is 4.59. The number of nitrogens with one attached hydrogen (secondary N) is 2. The Morgan fingerprint density at radius 3 is 3.00 bits per heavy atom. The Labute approximate surface area is 111 Å². The third-order valence-corrected chi connectivity index (χ3v) is 3.07. The van der Waals surface area contributed by atoms with E-state index >= 15 is 0 Å². The SMILES string of the molecule is CCNC(=O)N1CC[C@@H](n2ccc(NC(C)=O)n2)C1. The predicted octanol–water partition coefficient (Wildman–Crippen LogP) is 0.818. The molecule has 1 aromatic heterocycles. The van der Waals surface area contributed by atoms with Gasteiger partial charge in [0.05, 0.1) is 6.04 Å². The fourth-order valence-electron chi connectivity index (χ4n) is 2.19. The molecule has 19 heavy (non-hydrogen) atoms. The molecule has 3 amide bonds. The first-order valence-electron chi connectivity index (χ1n) is 6.45. The number of carbonyl (C=O) groups excluding carboxylic acids is 2. The van der Waals surface area contributed by atoms with Crippen LogP contribution in [-0.4, -0.2) is 46.3 Å². The number of rotatable bonds is 3. The quantitative estimate of drug-likeness (QED) is 0.849. The van der Waals surface area contributed by atoms with Crippen molar-refractivity contribution in [1.82, 2.24) is 20.0 Å². The standard InChI is InChI=1S/C12H19N5O2/c1-3-13-12(19)16-6-4-10(8-16)17-7-5-11(15-17)14-9(2)18/h5,7,10H,3-4,6,8H2,1-2H3,(H,13,19)(H,14,15,18)/t10-/m1/s1. The third kappa shape index (κ3) is 3.24. The van der Waals surface area contributed by atoms with Crippen molar-refractivity contribution in [2.75, 3.05) is 25.0 Å². The number of aromatic nitrogens is 2. The van der Waals surface area contributed by atoms with E-state index in [1.54, 1.807) is 11.0 Å². The Morgan fingerprint density at radius 2 is 2.32 bits per heavy atom. The summed E-state index contributed by atoms with van der Waals surface area (Å²) in [6, 6.07) is 1.90. The van der Waals surface area contributed by atoms with Crippen molar-refractivity contribution in [1.29, 1.82) is 0 Å². The Bertz CT molecular complexity index is 470. The first-order valence-corrected chi connectivity index (χ1v) is 6.45. The molecule has 1 aliphatic heterocycles. The van der Waals surface area contributed by atoms with E-state index in [0.29, 0.717) is 18.9 Å². The molecule has 1 aliphatic rings. The van der Waals surface area contributed by atoms with E-state index in [1.165, 1.54) is 6.92 Å². The van der Waals surface area contributed by atoms with E-state index in [1.807, 2.05) is 17.8 Å². The second-order valence-corrected chi connectivity index (χ2v) is 4.59. The maximum absolute atomic E-state index is 11.7. The number of hydrogen-bond acceptors (Lipinski definition) is 3. The van der Waals surface area contributed by atoms with Crippen molar-refractivity contribution in [2.45, 2.75) is 26.3 Å². The molecule has 104 valence electrons. The molecule has 0 aromatic carbocycles. The number of likely N-dealkylation sites (tertiary alicyclic amines) is 1. The minimum absolute atomic E-state index is 0.0285. The molecule has 0 unspecified atom stereocenters. The van der Waals surface area contributed by atoms with Crippen LogP contribution in [0.4, 0.5) is 10.6 Å². The van der Waals surface area contributed by atoms with Crippen molar-refractivity contribution < 1.29 is 9.59 Å². The normalized spacial score (nSPS) is 18.4. The van der Waals surface area contributed by atoms with Gasteiger partial charge in [0, 0.05) is 38.8 Å². The molecule has 0 spiro atoms. The summed E-state index contributed by atoms with van der Waals surface area (Å²) in [5.74, 6) is 0.407. The molecule has 1 saturated heterocycles.